The minimum absolute atomic E-state index is 0.0696. The van der Waals surface area contributed by atoms with Crippen molar-refractivity contribution in [1.82, 2.24) is 15.5 Å². The van der Waals surface area contributed by atoms with E-state index < -0.39 is 17.9 Å². The van der Waals surface area contributed by atoms with Crippen LogP contribution in [0.1, 0.15) is 24.0 Å². The van der Waals surface area contributed by atoms with Gasteiger partial charge in [0, 0.05) is 25.1 Å². The normalized spacial score (nSPS) is 18.2. The lowest BCUT2D eigenvalue weighted by Crippen LogP contribution is -2.53. The van der Waals surface area contributed by atoms with Gasteiger partial charge in [0.2, 0.25) is 0 Å². The standard InChI is InChI=1S/C28H32N4O4/c1-31-16-13-21(14-17-31)8-9-22-10-11-25-24(18-22)32(2)28(35)23(19-36-25)30-27(34)26(33)29-15-12-20-6-4-3-5-7-20/h3-7,10-11,18,21,23H,12-17,19H2,1-2H3,(H,29,33)(H,30,34)/t23-/m0/s1. The van der Waals surface area contributed by atoms with E-state index in [-0.39, 0.29) is 12.5 Å². The van der Waals surface area contributed by atoms with Gasteiger partial charge in [-0.05, 0) is 63.2 Å². The number of rotatable bonds is 4. The first-order valence-corrected chi connectivity index (χ1v) is 12.3. The molecular formula is C28H32N4O4. The number of nitrogens with zero attached hydrogens (tertiary/aromatic N) is 2. The molecule has 0 saturated carbocycles. The summed E-state index contributed by atoms with van der Waals surface area (Å²) in [4.78, 5) is 41.5. The van der Waals surface area contributed by atoms with E-state index in [4.69, 9.17) is 4.74 Å². The van der Waals surface area contributed by atoms with Gasteiger partial charge >= 0.3 is 11.8 Å². The van der Waals surface area contributed by atoms with Crippen LogP contribution in [0, 0.1) is 17.8 Å². The zero-order valence-electron chi connectivity index (χ0n) is 20.8. The molecule has 3 amide bonds. The molecule has 1 fully saturated rings. The Labute approximate surface area is 212 Å². The molecule has 0 radical (unpaired) electrons. The van der Waals surface area contributed by atoms with Gasteiger partial charge in [-0.1, -0.05) is 42.2 Å². The molecular weight excluding hydrogens is 456 g/mol. The number of piperidine rings is 1. The Morgan fingerprint density at radius 3 is 2.56 bits per heavy atom. The van der Waals surface area contributed by atoms with Crippen molar-refractivity contribution < 1.29 is 19.1 Å². The fourth-order valence-corrected chi connectivity index (χ4v) is 4.29. The quantitative estimate of drug-likeness (QED) is 0.504. The highest BCUT2D eigenvalue weighted by atomic mass is 16.5. The number of amides is 3. The van der Waals surface area contributed by atoms with Gasteiger partial charge in [0.05, 0.1) is 5.69 Å². The van der Waals surface area contributed by atoms with Crippen LogP contribution >= 0.6 is 0 Å². The molecule has 0 bridgehead atoms. The lowest BCUT2D eigenvalue weighted by molar-refractivity contribution is -0.140. The summed E-state index contributed by atoms with van der Waals surface area (Å²) in [7, 11) is 3.75. The van der Waals surface area contributed by atoms with E-state index in [1.54, 1.807) is 13.1 Å². The Balaban J connectivity index is 1.34. The summed E-state index contributed by atoms with van der Waals surface area (Å²) in [5.74, 6) is 5.49. The van der Waals surface area contributed by atoms with Gasteiger partial charge in [-0.2, -0.15) is 0 Å². The highest BCUT2D eigenvalue weighted by Gasteiger charge is 2.32. The third-order valence-electron chi connectivity index (χ3n) is 6.55. The molecule has 2 heterocycles. The van der Waals surface area contributed by atoms with Gasteiger partial charge in [0.25, 0.3) is 5.91 Å². The number of likely N-dealkylation sites (tertiary alicyclic amines) is 1. The number of carbonyl (C=O) groups is 3. The second kappa shape index (κ2) is 11.7. The molecule has 2 N–H and O–H groups in total. The first kappa shape index (κ1) is 25.3. The number of hydrogen-bond acceptors (Lipinski definition) is 5. The third-order valence-corrected chi connectivity index (χ3v) is 6.55. The number of anilines is 1. The number of carbonyl (C=O) groups excluding carboxylic acids is 3. The summed E-state index contributed by atoms with van der Waals surface area (Å²) in [6, 6.07) is 14.2. The van der Waals surface area contributed by atoms with Crippen molar-refractivity contribution in [3.05, 3.63) is 59.7 Å². The SMILES string of the molecule is CN1CCC(C#Cc2ccc3c(c2)N(C)C(=O)[C@@H](NC(=O)C(=O)NCCc2ccccc2)CO3)CC1. The average molecular weight is 489 g/mol. The second-order valence-electron chi connectivity index (χ2n) is 9.26. The highest BCUT2D eigenvalue weighted by Crippen LogP contribution is 2.31. The number of ether oxygens (including phenoxy) is 1. The lowest BCUT2D eigenvalue weighted by Gasteiger charge is -2.25. The topological polar surface area (TPSA) is 91.0 Å². The van der Waals surface area contributed by atoms with E-state index in [0.29, 0.717) is 30.3 Å². The maximum absolute atomic E-state index is 13.1. The van der Waals surface area contributed by atoms with Gasteiger partial charge in [-0.25, -0.2) is 0 Å². The average Bonchev–Trinajstić information content (AvgIpc) is 3.01. The monoisotopic (exact) mass is 488 g/mol. The number of nitrogens with one attached hydrogen (secondary N) is 2. The van der Waals surface area contributed by atoms with Crippen LogP contribution in [-0.2, 0) is 20.8 Å². The first-order valence-electron chi connectivity index (χ1n) is 12.3. The van der Waals surface area contributed by atoms with E-state index in [0.717, 1.165) is 37.1 Å². The first-order chi connectivity index (χ1) is 17.4. The Hall–Kier alpha value is -3.83. The van der Waals surface area contributed by atoms with Gasteiger partial charge in [-0.15, -0.1) is 0 Å². The summed E-state index contributed by atoms with van der Waals surface area (Å²) in [5.41, 5.74) is 2.44. The number of fused-ring (bicyclic) bond motifs is 1. The fraction of sp³-hybridized carbons (Fsp3) is 0.393. The fourth-order valence-electron chi connectivity index (χ4n) is 4.29. The van der Waals surface area contributed by atoms with E-state index in [9.17, 15) is 14.4 Å². The Kier molecular flexibility index (Phi) is 8.24. The molecule has 0 unspecified atom stereocenters. The molecule has 0 spiro atoms. The van der Waals surface area contributed by atoms with Crippen molar-refractivity contribution in [1.29, 1.82) is 0 Å². The zero-order chi connectivity index (χ0) is 25.5. The maximum atomic E-state index is 13.1. The van der Waals surface area contributed by atoms with Gasteiger partial charge in [-0.3, -0.25) is 14.4 Å². The maximum Gasteiger partial charge on any atom is 0.310 e. The Morgan fingerprint density at radius 2 is 1.81 bits per heavy atom. The van der Waals surface area contributed by atoms with Crippen molar-refractivity contribution in [3.63, 3.8) is 0 Å². The van der Waals surface area contributed by atoms with Crippen molar-refractivity contribution in [3.8, 4) is 17.6 Å². The smallest absolute Gasteiger partial charge is 0.310 e. The number of hydrogen-bond donors (Lipinski definition) is 2. The van der Waals surface area contributed by atoms with Crippen molar-refractivity contribution >= 4 is 23.4 Å². The third kappa shape index (κ3) is 6.43. The van der Waals surface area contributed by atoms with Crippen molar-refractivity contribution in [2.45, 2.75) is 25.3 Å². The molecule has 2 aromatic carbocycles. The molecule has 8 heteroatoms. The largest absolute Gasteiger partial charge is 0.489 e. The predicted octanol–water partition coefficient (Wildman–Crippen LogP) is 1.58. The van der Waals surface area contributed by atoms with E-state index in [1.807, 2.05) is 42.5 Å². The summed E-state index contributed by atoms with van der Waals surface area (Å²) in [6.45, 7) is 2.34. The molecule has 0 aliphatic carbocycles. The van der Waals surface area contributed by atoms with E-state index in [1.165, 1.54) is 4.90 Å². The molecule has 2 aliphatic rings. The van der Waals surface area contributed by atoms with Crippen LogP contribution in [0.2, 0.25) is 0 Å². The van der Waals surface area contributed by atoms with Crippen LogP contribution in [0.3, 0.4) is 0 Å². The van der Waals surface area contributed by atoms with Crippen LogP contribution in [0.4, 0.5) is 5.69 Å². The minimum atomic E-state index is -0.983. The Morgan fingerprint density at radius 1 is 1.06 bits per heavy atom. The van der Waals surface area contributed by atoms with Crippen LogP contribution in [0.15, 0.2) is 48.5 Å². The summed E-state index contributed by atoms with van der Waals surface area (Å²) < 4.78 is 5.82. The van der Waals surface area contributed by atoms with E-state index >= 15 is 0 Å². The molecule has 188 valence electrons. The second-order valence-corrected chi connectivity index (χ2v) is 9.26. The van der Waals surface area contributed by atoms with E-state index in [2.05, 4.69) is 34.4 Å². The van der Waals surface area contributed by atoms with Crippen LogP contribution < -0.4 is 20.3 Å². The van der Waals surface area contributed by atoms with Crippen molar-refractivity contribution in [2.75, 3.05) is 45.2 Å². The zero-order valence-corrected chi connectivity index (χ0v) is 20.8. The predicted molar refractivity (Wildman–Crippen MR) is 138 cm³/mol. The van der Waals surface area contributed by atoms with Crippen LogP contribution in [0.5, 0.6) is 5.75 Å². The Bertz CT molecular complexity index is 1160. The van der Waals surface area contributed by atoms with Crippen molar-refractivity contribution in [2.24, 2.45) is 5.92 Å². The van der Waals surface area contributed by atoms with Gasteiger partial charge in [0.1, 0.15) is 18.4 Å². The van der Waals surface area contributed by atoms with Gasteiger partial charge < -0.3 is 25.2 Å². The number of benzene rings is 2. The minimum Gasteiger partial charge on any atom is -0.489 e. The van der Waals surface area contributed by atoms with Crippen LogP contribution in [0.25, 0.3) is 0 Å². The molecule has 36 heavy (non-hydrogen) atoms. The summed E-state index contributed by atoms with van der Waals surface area (Å²) in [5, 5.41) is 5.11. The lowest BCUT2D eigenvalue weighted by atomic mass is 9.97. The molecule has 4 rings (SSSR count). The molecule has 1 saturated heterocycles. The molecule has 2 aliphatic heterocycles. The summed E-state index contributed by atoms with van der Waals surface area (Å²) in [6.07, 6.45) is 2.71. The molecule has 1 atom stereocenters. The summed E-state index contributed by atoms with van der Waals surface area (Å²) >= 11 is 0. The molecule has 0 aromatic heterocycles. The van der Waals surface area contributed by atoms with Crippen LogP contribution in [-0.4, -0.2) is 69.0 Å². The molecule has 2 aromatic rings. The number of likely N-dealkylation sites (N-methyl/N-ethyl adjacent to an activating group) is 1. The molecule has 8 nitrogen and oxygen atoms in total. The van der Waals surface area contributed by atoms with Gasteiger partial charge in [0.15, 0.2) is 0 Å². The highest BCUT2D eigenvalue weighted by molar-refractivity contribution is 6.35.